The molecule has 3 heteroatoms. The molecular weight excluding hydrogens is 128 g/mol. The lowest BCUT2D eigenvalue weighted by Crippen LogP contribution is -2.14. The van der Waals surface area contributed by atoms with Crippen molar-refractivity contribution in [1.82, 2.24) is 10.2 Å². The van der Waals surface area contributed by atoms with E-state index in [0.29, 0.717) is 6.61 Å². The maximum Gasteiger partial charge on any atom is 0.202 e. The molecule has 0 saturated carbocycles. The highest BCUT2D eigenvalue weighted by Gasteiger charge is 1.90. The highest BCUT2D eigenvalue weighted by atomic mass is 16.5. The van der Waals surface area contributed by atoms with Crippen molar-refractivity contribution in [3.8, 4) is 0 Å². The fourth-order valence-electron chi connectivity index (χ4n) is 0.564. The minimum Gasteiger partial charge on any atom is -0.478 e. The topological polar surface area (TPSA) is 24.5 Å². The van der Waals surface area contributed by atoms with Gasteiger partial charge in [0.25, 0.3) is 0 Å². The Bertz CT molecular complexity index is 110. The number of nitrogens with zero attached hydrogens (tertiary/aromatic N) is 1. The molecule has 10 heavy (non-hydrogen) atoms. The quantitative estimate of drug-likeness (QED) is 0.585. The van der Waals surface area contributed by atoms with Crippen LogP contribution >= 0.6 is 0 Å². The standard InChI is InChI=1S/C7H16N2O/c1-5-10-7(8-2)6-9(3)4/h6,8H,5H2,1-4H3/b7-6+. The molecule has 3 nitrogen and oxygen atoms in total. The molecule has 0 fully saturated rings. The van der Waals surface area contributed by atoms with Gasteiger partial charge in [-0.3, -0.25) is 0 Å². The molecule has 0 atom stereocenters. The second-order valence-corrected chi connectivity index (χ2v) is 2.14. The van der Waals surface area contributed by atoms with Crippen LogP contribution in [0.15, 0.2) is 12.1 Å². The van der Waals surface area contributed by atoms with E-state index in [1.54, 1.807) is 0 Å². The van der Waals surface area contributed by atoms with E-state index in [9.17, 15) is 0 Å². The third-order valence-electron chi connectivity index (χ3n) is 0.922. The Kier molecular flexibility index (Phi) is 4.54. The minimum absolute atomic E-state index is 0.695. The first-order valence-corrected chi connectivity index (χ1v) is 3.39. The lowest BCUT2D eigenvalue weighted by Gasteiger charge is -2.11. The Morgan fingerprint density at radius 2 is 2.20 bits per heavy atom. The number of hydrogen-bond donors (Lipinski definition) is 1. The number of hydrogen-bond acceptors (Lipinski definition) is 3. The maximum absolute atomic E-state index is 5.21. The molecule has 0 amide bonds. The zero-order chi connectivity index (χ0) is 7.98. The molecule has 0 radical (unpaired) electrons. The number of nitrogens with one attached hydrogen (secondary N) is 1. The van der Waals surface area contributed by atoms with Crippen LogP contribution in [0, 0.1) is 0 Å². The van der Waals surface area contributed by atoms with E-state index >= 15 is 0 Å². The van der Waals surface area contributed by atoms with Gasteiger partial charge in [-0.05, 0) is 6.92 Å². The van der Waals surface area contributed by atoms with Crippen molar-refractivity contribution in [3.05, 3.63) is 12.1 Å². The van der Waals surface area contributed by atoms with E-state index in [0.717, 1.165) is 5.88 Å². The van der Waals surface area contributed by atoms with Gasteiger partial charge in [0.1, 0.15) is 0 Å². The monoisotopic (exact) mass is 144 g/mol. The molecule has 0 bridgehead atoms. The molecule has 0 aromatic rings. The van der Waals surface area contributed by atoms with Crippen LogP contribution in [0.1, 0.15) is 6.92 Å². The molecule has 0 spiro atoms. The first-order valence-electron chi connectivity index (χ1n) is 3.39. The molecule has 0 heterocycles. The van der Waals surface area contributed by atoms with Crippen molar-refractivity contribution in [2.75, 3.05) is 27.7 Å². The fourth-order valence-corrected chi connectivity index (χ4v) is 0.564. The average Bonchev–Trinajstić information content (AvgIpc) is 1.86. The Hall–Kier alpha value is -0.860. The highest BCUT2D eigenvalue weighted by Crippen LogP contribution is 1.91. The smallest absolute Gasteiger partial charge is 0.202 e. The second-order valence-electron chi connectivity index (χ2n) is 2.14. The molecule has 0 aliphatic rings. The lowest BCUT2D eigenvalue weighted by atomic mass is 10.7. The van der Waals surface area contributed by atoms with Gasteiger partial charge in [0.05, 0.1) is 12.8 Å². The average molecular weight is 144 g/mol. The van der Waals surface area contributed by atoms with Gasteiger partial charge in [-0.15, -0.1) is 0 Å². The van der Waals surface area contributed by atoms with E-state index in [2.05, 4.69) is 5.32 Å². The maximum atomic E-state index is 5.21. The summed E-state index contributed by atoms with van der Waals surface area (Å²) in [6.45, 7) is 2.65. The van der Waals surface area contributed by atoms with Crippen LogP contribution in [0.2, 0.25) is 0 Å². The van der Waals surface area contributed by atoms with Gasteiger partial charge in [0.15, 0.2) is 0 Å². The molecule has 0 saturated heterocycles. The van der Waals surface area contributed by atoms with Crippen molar-refractivity contribution < 1.29 is 4.74 Å². The van der Waals surface area contributed by atoms with Gasteiger partial charge in [-0.1, -0.05) is 0 Å². The second kappa shape index (κ2) is 4.97. The van der Waals surface area contributed by atoms with E-state index in [1.165, 1.54) is 0 Å². The highest BCUT2D eigenvalue weighted by molar-refractivity contribution is 4.86. The van der Waals surface area contributed by atoms with Gasteiger partial charge in [0, 0.05) is 21.1 Å². The summed E-state index contributed by atoms with van der Waals surface area (Å²) in [5.41, 5.74) is 0. The van der Waals surface area contributed by atoms with Gasteiger partial charge in [0.2, 0.25) is 5.88 Å². The largest absolute Gasteiger partial charge is 0.478 e. The minimum atomic E-state index is 0.695. The van der Waals surface area contributed by atoms with Crippen LogP contribution in [0.3, 0.4) is 0 Å². The first kappa shape index (κ1) is 9.14. The Morgan fingerprint density at radius 1 is 1.60 bits per heavy atom. The Balaban J connectivity index is 3.78. The van der Waals surface area contributed by atoms with Crippen LogP contribution in [-0.4, -0.2) is 32.6 Å². The van der Waals surface area contributed by atoms with Crippen LogP contribution in [0.5, 0.6) is 0 Å². The number of rotatable bonds is 4. The van der Waals surface area contributed by atoms with Gasteiger partial charge in [-0.25, -0.2) is 0 Å². The van der Waals surface area contributed by atoms with E-state index in [1.807, 2.05) is 39.2 Å². The van der Waals surface area contributed by atoms with Crippen molar-refractivity contribution in [2.45, 2.75) is 6.92 Å². The van der Waals surface area contributed by atoms with Crippen molar-refractivity contribution >= 4 is 0 Å². The predicted molar refractivity (Wildman–Crippen MR) is 42.5 cm³/mol. The molecule has 0 aliphatic carbocycles. The molecule has 1 N–H and O–H groups in total. The summed E-state index contributed by atoms with van der Waals surface area (Å²) < 4.78 is 5.21. The zero-order valence-corrected chi connectivity index (χ0v) is 7.14. The fraction of sp³-hybridized carbons (Fsp3) is 0.714. The Labute approximate surface area is 62.7 Å². The summed E-state index contributed by atoms with van der Waals surface area (Å²) in [7, 11) is 5.75. The normalized spacial score (nSPS) is 11.0. The molecule has 0 aromatic carbocycles. The summed E-state index contributed by atoms with van der Waals surface area (Å²) in [5.74, 6) is 0.799. The molecule has 60 valence electrons. The van der Waals surface area contributed by atoms with Gasteiger partial charge < -0.3 is 15.0 Å². The zero-order valence-electron chi connectivity index (χ0n) is 7.14. The van der Waals surface area contributed by atoms with Crippen molar-refractivity contribution in [1.29, 1.82) is 0 Å². The lowest BCUT2D eigenvalue weighted by molar-refractivity contribution is 0.204. The molecule has 0 aliphatic heterocycles. The number of ether oxygens (including phenoxy) is 1. The van der Waals surface area contributed by atoms with Gasteiger partial charge >= 0.3 is 0 Å². The summed E-state index contributed by atoms with van der Waals surface area (Å²) in [6, 6.07) is 0. The van der Waals surface area contributed by atoms with Crippen molar-refractivity contribution in [2.24, 2.45) is 0 Å². The summed E-state index contributed by atoms with van der Waals surface area (Å²) in [6.07, 6.45) is 1.89. The first-order chi connectivity index (χ1) is 4.70. The molecule has 0 rings (SSSR count). The van der Waals surface area contributed by atoms with E-state index in [-0.39, 0.29) is 0 Å². The third-order valence-corrected chi connectivity index (χ3v) is 0.922. The Morgan fingerprint density at radius 3 is 2.50 bits per heavy atom. The van der Waals surface area contributed by atoms with Crippen LogP contribution in [0.25, 0.3) is 0 Å². The van der Waals surface area contributed by atoms with Crippen LogP contribution < -0.4 is 5.32 Å². The SMILES string of the molecule is CCO/C(=C/N(C)C)NC. The summed E-state index contributed by atoms with van der Waals surface area (Å²) >= 11 is 0. The van der Waals surface area contributed by atoms with Crippen LogP contribution in [-0.2, 0) is 4.74 Å². The summed E-state index contributed by atoms with van der Waals surface area (Å²) in [4.78, 5) is 1.93. The van der Waals surface area contributed by atoms with Gasteiger partial charge in [-0.2, -0.15) is 0 Å². The van der Waals surface area contributed by atoms with E-state index < -0.39 is 0 Å². The third kappa shape index (κ3) is 4.06. The summed E-state index contributed by atoms with van der Waals surface area (Å²) in [5, 5.41) is 2.93. The predicted octanol–water partition coefficient (Wildman–Crippen LogP) is 0.603. The van der Waals surface area contributed by atoms with E-state index in [4.69, 9.17) is 4.74 Å². The van der Waals surface area contributed by atoms with Crippen molar-refractivity contribution in [3.63, 3.8) is 0 Å². The molecule has 0 aromatic heterocycles. The van der Waals surface area contributed by atoms with Crippen LogP contribution in [0.4, 0.5) is 0 Å². The molecular formula is C7H16N2O. The molecule has 0 unspecified atom stereocenters.